The number of carbonyl (C=O) groups is 1. The minimum Gasteiger partial charge on any atom is -0.507 e. The van der Waals surface area contributed by atoms with Crippen molar-refractivity contribution in [1.82, 2.24) is 5.32 Å². The van der Waals surface area contributed by atoms with Crippen molar-refractivity contribution in [3.63, 3.8) is 0 Å². The molecule has 0 unspecified atom stereocenters. The van der Waals surface area contributed by atoms with E-state index in [1.165, 1.54) is 6.07 Å². The van der Waals surface area contributed by atoms with Gasteiger partial charge in [0.05, 0.1) is 12.2 Å². The Hall–Kier alpha value is -2.33. The maximum Gasteiger partial charge on any atom is 0.255 e. The first-order valence-electron chi connectivity index (χ1n) is 6.74. The first-order chi connectivity index (χ1) is 10.1. The third-order valence-electron chi connectivity index (χ3n) is 3.18. The molecule has 2 N–H and O–H groups in total. The number of phenols is 1. The normalized spacial score (nSPS) is 10.4. The average Bonchev–Trinajstić information content (AvgIpc) is 2.49. The summed E-state index contributed by atoms with van der Waals surface area (Å²) in [4.78, 5) is 12.1. The van der Waals surface area contributed by atoms with Crippen LogP contribution in [0, 0.1) is 6.92 Å². The third-order valence-corrected chi connectivity index (χ3v) is 3.18. The van der Waals surface area contributed by atoms with Crippen LogP contribution in [0.2, 0.25) is 0 Å². The van der Waals surface area contributed by atoms with Crippen molar-refractivity contribution in [2.75, 3.05) is 7.11 Å². The molecule has 110 valence electrons. The Kier molecular flexibility index (Phi) is 4.95. The van der Waals surface area contributed by atoms with Crippen LogP contribution in [0.25, 0.3) is 0 Å². The standard InChI is InChI=1S/C17H19NO3/c1-12-3-8-16(19)15(9-12)17(20)18-10-13-4-6-14(7-5-13)11-21-2/h3-9,19H,10-11H2,1-2H3,(H,18,20). The summed E-state index contributed by atoms with van der Waals surface area (Å²) in [5, 5.41) is 12.5. The lowest BCUT2D eigenvalue weighted by atomic mass is 10.1. The molecule has 0 aliphatic heterocycles. The molecule has 0 aliphatic rings. The number of hydrogen-bond acceptors (Lipinski definition) is 3. The second-order valence-electron chi connectivity index (χ2n) is 4.95. The van der Waals surface area contributed by atoms with Crippen LogP contribution in [0.1, 0.15) is 27.0 Å². The molecule has 1 amide bonds. The van der Waals surface area contributed by atoms with Crippen molar-refractivity contribution in [2.45, 2.75) is 20.1 Å². The highest BCUT2D eigenvalue weighted by Gasteiger charge is 2.10. The van der Waals surface area contributed by atoms with Gasteiger partial charge in [-0.1, -0.05) is 35.9 Å². The molecular weight excluding hydrogens is 266 g/mol. The van der Waals surface area contributed by atoms with Gasteiger partial charge < -0.3 is 15.2 Å². The smallest absolute Gasteiger partial charge is 0.255 e. The SMILES string of the molecule is COCc1ccc(CNC(=O)c2cc(C)ccc2O)cc1. The van der Waals surface area contributed by atoms with E-state index in [0.717, 1.165) is 16.7 Å². The Balaban J connectivity index is 1.99. The quantitative estimate of drug-likeness (QED) is 0.888. The molecule has 0 saturated heterocycles. The van der Waals surface area contributed by atoms with Gasteiger partial charge in [-0.2, -0.15) is 0 Å². The largest absolute Gasteiger partial charge is 0.507 e. The first kappa shape index (κ1) is 15.1. The van der Waals surface area contributed by atoms with E-state index in [1.807, 2.05) is 31.2 Å². The highest BCUT2D eigenvalue weighted by atomic mass is 16.5. The number of nitrogens with one attached hydrogen (secondary N) is 1. The van der Waals surface area contributed by atoms with Gasteiger partial charge in [-0.25, -0.2) is 0 Å². The molecule has 0 saturated carbocycles. The summed E-state index contributed by atoms with van der Waals surface area (Å²) in [7, 11) is 1.66. The summed E-state index contributed by atoms with van der Waals surface area (Å²) in [5.41, 5.74) is 3.31. The number of rotatable bonds is 5. The predicted octanol–water partition coefficient (Wildman–Crippen LogP) is 2.78. The molecular formula is C17H19NO3. The lowest BCUT2D eigenvalue weighted by Crippen LogP contribution is -2.23. The zero-order valence-electron chi connectivity index (χ0n) is 12.2. The Morgan fingerprint density at radius 3 is 2.48 bits per heavy atom. The number of methoxy groups -OCH3 is 1. The highest BCUT2D eigenvalue weighted by molar-refractivity contribution is 5.96. The Morgan fingerprint density at radius 2 is 1.81 bits per heavy atom. The van der Waals surface area contributed by atoms with Crippen molar-refractivity contribution in [1.29, 1.82) is 0 Å². The zero-order valence-corrected chi connectivity index (χ0v) is 12.2. The van der Waals surface area contributed by atoms with E-state index in [0.29, 0.717) is 18.7 Å². The molecule has 4 nitrogen and oxygen atoms in total. The summed E-state index contributed by atoms with van der Waals surface area (Å²) in [6, 6.07) is 12.8. The van der Waals surface area contributed by atoms with Gasteiger partial charge in [0, 0.05) is 13.7 Å². The molecule has 0 radical (unpaired) electrons. The number of phenolic OH excluding ortho intramolecular Hbond substituents is 1. The number of amides is 1. The molecule has 2 rings (SSSR count). The fourth-order valence-electron chi connectivity index (χ4n) is 2.03. The zero-order chi connectivity index (χ0) is 15.2. The van der Waals surface area contributed by atoms with Crippen molar-refractivity contribution in [2.24, 2.45) is 0 Å². The number of ether oxygens (including phenoxy) is 1. The summed E-state index contributed by atoms with van der Waals surface area (Å²) in [6.45, 7) is 2.87. The lowest BCUT2D eigenvalue weighted by Gasteiger charge is -2.08. The van der Waals surface area contributed by atoms with Crippen molar-refractivity contribution < 1.29 is 14.6 Å². The van der Waals surface area contributed by atoms with Gasteiger partial charge in [-0.15, -0.1) is 0 Å². The van der Waals surface area contributed by atoms with Crippen molar-refractivity contribution in [3.05, 3.63) is 64.7 Å². The minimum atomic E-state index is -0.280. The lowest BCUT2D eigenvalue weighted by molar-refractivity contribution is 0.0948. The highest BCUT2D eigenvalue weighted by Crippen LogP contribution is 2.18. The maximum atomic E-state index is 12.1. The van der Waals surface area contributed by atoms with Crippen LogP contribution >= 0.6 is 0 Å². The van der Waals surface area contributed by atoms with Gasteiger partial charge in [0.2, 0.25) is 0 Å². The van der Waals surface area contributed by atoms with Gasteiger partial charge in [0.15, 0.2) is 0 Å². The van der Waals surface area contributed by atoms with Crippen LogP contribution in [-0.4, -0.2) is 18.1 Å². The van der Waals surface area contributed by atoms with E-state index < -0.39 is 0 Å². The number of carbonyl (C=O) groups excluding carboxylic acids is 1. The molecule has 2 aromatic rings. The molecule has 2 aromatic carbocycles. The van der Waals surface area contributed by atoms with Gasteiger partial charge in [0.25, 0.3) is 5.91 Å². The fourth-order valence-corrected chi connectivity index (χ4v) is 2.03. The van der Waals surface area contributed by atoms with Crippen LogP contribution in [0.5, 0.6) is 5.75 Å². The van der Waals surface area contributed by atoms with E-state index in [4.69, 9.17) is 4.74 Å². The first-order valence-corrected chi connectivity index (χ1v) is 6.74. The summed E-state index contributed by atoms with van der Waals surface area (Å²) in [5.74, 6) is -0.286. The van der Waals surface area contributed by atoms with Crippen molar-refractivity contribution >= 4 is 5.91 Å². The molecule has 0 bridgehead atoms. The Bertz CT molecular complexity index is 620. The van der Waals surface area contributed by atoms with Crippen LogP contribution in [0.3, 0.4) is 0 Å². The number of benzene rings is 2. The topological polar surface area (TPSA) is 58.6 Å². The predicted molar refractivity (Wildman–Crippen MR) is 81.2 cm³/mol. The Labute approximate surface area is 124 Å². The molecule has 4 heteroatoms. The second-order valence-corrected chi connectivity index (χ2v) is 4.95. The van der Waals surface area contributed by atoms with Crippen LogP contribution in [0.15, 0.2) is 42.5 Å². The fraction of sp³-hybridized carbons (Fsp3) is 0.235. The molecule has 0 heterocycles. The number of aryl methyl sites for hydroxylation is 1. The van der Waals surface area contributed by atoms with Gasteiger partial charge in [0.1, 0.15) is 5.75 Å². The number of hydrogen-bond donors (Lipinski definition) is 2. The minimum absolute atomic E-state index is 0.00598. The third kappa shape index (κ3) is 4.07. The van der Waals surface area contributed by atoms with E-state index in [1.54, 1.807) is 19.2 Å². The van der Waals surface area contributed by atoms with Gasteiger partial charge in [-0.05, 0) is 30.2 Å². The Morgan fingerprint density at radius 1 is 1.14 bits per heavy atom. The monoisotopic (exact) mass is 285 g/mol. The summed E-state index contributed by atoms with van der Waals surface area (Å²) < 4.78 is 5.05. The summed E-state index contributed by atoms with van der Waals surface area (Å²) in [6.07, 6.45) is 0. The van der Waals surface area contributed by atoms with E-state index in [-0.39, 0.29) is 11.7 Å². The van der Waals surface area contributed by atoms with E-state index >= 15 is 0 Å². The van der Waals surface area contributed by atoms with Crippen LogP contribution < -0.4 is 5.32 Å². The average molecular weight is 285 g/mol. The molecule has 0 atom stereocenters. The molecule has 0 fully saturated rings. The maximum absolute atomic E-state index is 12.1. The molecule has 0 aromatic heterocycles. The van der Waals surface area contributed by atoms with Gasteiger partial charge >= 0.3 is 0 Å². The van der Waals surface area contributed by atoms with E-state index in [2.05, 4.69) is 5.32 Å². The van der Waals surface area contributed by atoms with Crippen molar-refractivity contribution in [3.8, 4) is 5.75 Å². The summed E-state index contributed by atoms with van der Waals surface area (Å²) >= 11 is 0. The van der Waals surface area contributed by atoms with Gasteiger partial charge in [-0.3, -0.25) is 4.79 Å². The molecule has 0 aliphatic carbocycles. The van der Waals surface area contributed by atoms with Crippen LogP contribution in [-0.2, 0) is 17.9 Å². The van der Waals surface area contributed by atoms with Crippen LogP contribution in [0.4, 0.5) is 0 Å². The van der Waals surface area contributed by atoms with E-state index in [9.17, 15) is 9.90 Å². The molecule has 0 spiro atoms. The second kappa shape index (κ2) is 6.90. The molecule has 21 heavy (non-hydrogen) atoms. The number of aromatic hydroxyl groups is 1.